The molecule has 7 nitrogen and oxygen atoms in total. The van der Waals surface area contributed by atoms with Crippen LogP contribution in [0.2, 0.25) is 0 Å². The smallest absolute Gasteiger partial charge is 0.319 e. The van der Waals surface area contributed by atoms with E-state index in [0.29, 0.717) is 18.1 Å². The van der Waals surface area contributed by atoms with Crippen LogP contribution < -0.4 is 15.4 Å². The Labute approximate surface area is 129 Å². The molecule has 0 saturated carbocycles. The average molecular weight is 303 g/mol. The highest BCUT2D eigenvalue weighted by Crippen LogP contribution is 2.15. The number of methoxy groups -OCH3 is 1. The summed E-state index contributed by atoms with van der Waals surface area (Å²) in [4.78, 5) is 15.9. The predicted octanol–water partition coefficient (Wildman–Crippen LogP) is 2.36. The molecule has 0 fully saturated rings. The number of rotatable bonds is 4. The molecule has 0 spiro atoms. The van der Waals surface area contributed by atoms with Gasteiger partial charge in [0.05, 0.1) is 24.5 Å². The summed E-state index contributed by atoms with van der Waals surface area (Å²) in [6, 6.07) is 3.31. The summed E-state index contributed by atoms with van der Waals surface area (Å²) in [5, 5.41) is 9.76. The van der Waals surface area contributed by atoms with Gasteiger partial charge in [0, 0.05) is 25.0 Å². The van der Waals surface area contributed by atoms with Crippen molar-refractivity contribution in [2.45, 2.75) is 32.9 Å². The molecule has 2 aromatic rings. The lowest BCUT2D eigenvalue weighted by atomic mass is 10.1. The Morgan fingerprint density at radius 2 is 2.18 bits per heavy atom. The van der Waals surface area contributed by atoms with Crippen molar-refractivity contribution in [1.82, 2.24) is 20.1 Å². The minimum atomic E-state index is -0.288. The maximum atomic E-state index is 11.9. The Morgan fingerprint density at radius 1 is 1.41 bits per heavy atom. The van der Waals surface area contributed by atoms with E-state index in [4.69, 9.17) is 4.74 Å². The first-order valence-corrected chi connectivity index (χ1v) is 6.97. The standard InChI is InChI=1S/C15H21N5O2/c1-15(2,3)20-10-12(9-18-20)19-14(21)17-8-11-5-6-16-13(7-11)22-4/h5-7,9-10H,8H2,1-4H3,(H2,17,19,21). The lowest BCUT2D eigenvalue weighted by Crippen LogP contribution is -2.28. The second-order valence-electron chi connectivity index (χ2n) is 5.86. The Bertz CT molecular complexity index is 645. The van der Waals surface area contributed by atoms with Crippen molar-refractivity contribution >= 4 is 11.7 Å². The van der Waals surface area contributed by atoms with Crippen LogP contribution in [0.15, 0.2) is 30.7 Å². The lowest BCUT2D eigenvalue weighted by molar-refractivity contribution is 0.251. The van der Waals surface area contributed by atoms with Crippen LogP contribution in [0.25, 0.3) is 0 Å². The van der Waals surface area contributed by atoms with Gasteiger partial charge in [0.15, 0.2) is 0 Å². The zero-order valence-electron chi connectivity index (χ0n) is 13.3. The van der Waals surface area contributed by atoms with E-state index >= 15 is 0 Å². The number of amides is 2. The quantitative estimate of drug-likeness (QED) is 0.908. The van der Waals surface area contributed by atoms with Gasteiger partial charge in [0.2, 0.25) is 5.88 Å². The Hall–Kier alpha value is -2.57. The highest BCUT2D eigenvalue weighted by Gasteiger charge is 2.14. The van der Waals surface area contributed by atoms with Crippen molar-refractivity contribution < 1.29 is 9.53 Å². The Kier molecular flexibility index (Phi) is 4.65. The monoisotopic (exact) mass is 303 g/mol. The number of urea groups is 1. The molecule has 2 heterocycles. The molecule has 0 aromatic carbocycles. The summed E-state index contributed by atoms with van der Waals surface area (Å²) >= 11 is 0. The molecule has 0 saturated heterocycles. The van der Waals surface area contributed by atoms with Crippen LogP contribution in [-0.2, 0) is 12.1 Å². The maximum Gasteiger partial charge on any atom is 0.319 e. The van der Waals surface area contributed by atoms with E-state index in [0.717, 1.165) is 5.56 Å². The molecule has 0 aliphatic heterocycles. The van der Waals surface area contributed by atoms with E-state index in [1.54, 1.807) is 36.4 Å². The minimum absolute atomic E-state index is 0.121. The second-order valence-corrected chi connectivity index (χ2v) is 5.86. The number of carbonyl (C=O) groups excluding carboxylic acids is 1. The molecule has 2 aromatic heterocycles. The molecule has 118 valence electrons. The lowest BCUT2D eigenvalue weighted by Gasteiger charge is -2.18. The van der Waals surface area contributed by atoms with Gasteiger partial charge in [-0.05, 0) is 32.4 Å². The van der Waals surface area contributed by atoms with Crippen LogP contribution in [-0.4, -0.2) is 27.9 Å². The van der Waals surface area contributed by atoms with E-state index < -0.39 is 0 Å². The summed E-state index contributed by atoms with van der Waals surface area (Å²) in [6.07, 6.45) is 5.07. The van der Waals surface area contributed by atoms with Crippen molar-refractivity contribution in [2.75, 3.05) is 12.4 Å². The number of anilines is 1. The number of nitrogens with one attached hydrogen (secondary N) is 2. The molecule has 0 atom stereocenters. The summed E-state index contributed by atoms with van der Waals surface area (Å²) < 4.78 is 6.84. The third kappa shape index (κ3) is 4.21. The molecule has 0 radical (unpaired) electrons. The van der Waals surface area contributed by atoms with Crippen LogP contribution in [0.3, 0.4) is 0 Å². The molecule has 0 aliphatic rings. The molecule has 0 unspecified atom stereocenters. The normalized spacial score (nSPS) is 11.1. The van der Waals surface area contributed by atoms with E-state index in [1.165, 1.54) is 0 Å². The van der Waals surface area contributed by atoms with Crippen LogP contribution in [0.4, 0.5) is 10.5 Å². The van der Waals surface area contributed by atoms with Gasteiger partial charge in [-0.15, -0.1) is 0 Å². The minimum Gasteiger partial charge on any atom is -0.481 e. The first-order valence-electron chi connectivity index (χ1n) is 6.97. The SMILES string of the molecule is COc1cc(CNC(=O)Nc2cnn(C(C)(C)C)c2)ccn1. The fourth-order valence-corrected chi connectivity index (χ4v) is 1.78. The van der Waals surface area contributed by atoms with Crippen LogP contribution >= 0.6 is 0 Å². The largest absolute Gasteiger partial charge is 0.481 e. The molecule has 0 bridgehead atoms. The number of nitrogens with zero attached hydrogens (tertiary/aromatic N) is 3. The molecule has 7 heteroatoms. The van der Waals surface area contributed by atoms with Crippen LogP contribution in [0, 0.1) is 0 Å². The average Bonchev–Trinajstić information content (AvgIpc) is 2.94. The topological polar surface area (TPSA) is 81.1 Å². The third-order valence-corrected chi connectivity index (χ3v) is 2.99. The fraction of sp³-hybridized carbons (Fsp3) is 0.400. The zero-order valence-corrected chi connectivity index (χ0v) is 13.3. The van der Waals surface area contributed by atoms with Gasteiger partial charge < -0.3 is 15.4 Å². The molecule has 2 N–H and O–H groups in total. The van der Waals surface area contributed by atoms with Gasteiger partial charge in [0.1, 0.15) is 0 Å². The second kappa shape index (κ2) is 6.46. The Balaban J connectivity index is 1.89. The molecule has 22 heavy (non-hydrogen) atoms. The van der Waals surface area contributed by atoms with Gasteiger partial charge in [-0.25, -0.2) is 9.78 Å². The summed E-state index contributed by atoms with van der Waals surface area (Å²) in [6.45, 7) is 6.51. The number of hydrogen-bond acceptors (Lipinski definition) is 4. The number of ether oxygens (including phenoxy) is 1. The van der Waals surface area contributed by atoms with Crippen LogP contribution in [0.1, 0.15) is 26.3 Å². The van der Waals surface area contributed by atoms with E-state index in [-0.39, 0.29) is 11.6 Å². The zero-order chi connectivity index (χ0) is 16.2. The summed E-state index contributed by atoms with van der Waals surface area (Å²) in [7, 11) is 1.55. The van der Waals surface area contributed by atoms with E-state index in [2.05, 4.69) is 20.7 Å². The maximum absolute atomic E-state index is 11.9. The van der Waals surface area contributed by atoms with Crippen molar-refractivity contribution in [2.24, 2.45) is 0 Å². The molecule has 2 amide bonds. The number of hydrogen-bond donors (Lipinski definition) is 2. The fourth-order valence-electron chi connectivity index (χ4n) is 1.78. The van der Waals surface area contributed by atoms with Gasteiger partial charge in [0.25, 0.3) is 0 Å². The first kappa shape index (κ1) is 15.8. The van der Waals surface area contributed by atoms with E-state index in [1.807, 2.05) is 26.8 Å². The highest BCUT2D eigenvalue weighted by atomic mass is 16.5. The Morgan fingerprint density at radius 3 is 2.82 bits per heavy atom. The van der Waals surface area contributed by atoms with E-state index in [9.17, 15) is 4.79 Å². The van der Waals surface area contributed by atoms with Crippen molar-refractivity contribution in [3.05, 3.63) is 36.3 Å². The highest BCUT2D eigenvalue weighted by molar-refractivity contribution is 5.88. The van der Waals surface area contributed by atoms with Crippen molar-refractivity contribution in [3.8, 4) is 5.88 Å². The van der Waals surface area contributed by atoms with Gasteiger partial charge in [-0.1, -0.05) is 0 Å². The number of pyridine rings is 1. The van der Waals surface area contributed by atoms with Gasteiger partial charge >= 0.3 is 6.03 Å². The molecular weight excluding hydrogens is 282 g/mol. The molecule has 0 aliphatic carbocycles. The predicted molar refractivity (Wildman–Crippen MR) is 83.9 cm³/mol. The third-order valence-electron chi connectivity index (χ3n) is 2.99. The van der Waals surface area contributed by atoms with Gasteiger partial charge in [-0.2, -0.15) is 5.10 Å². The van der Waals surface area contributed by atoms with Crippen LogP contribution in [0.5, 0.6) is 5.88 Å². The summed E-state index contributed by atoms with van der Waals surface area (Å²) in [5.74, 6) is 0.520. The number of carbonyl (C=O) groups is 1. The molecular formula is C15H21N5O2. The van der Waals surface area contributed by atoms with Gasteiger partial charge in [-0.3, -0.25) is 4.68 Å². The number of aromatic nitrogens is 3. The first-order chi connectivity index (χ1) is 10.4. The molecule has 2 rings (SSSR count). The summed E-state index contributed by atoms with van der Waals surface area (Å²) in [5.41, 5.74) is 1.44. The van der Waals surface area contributed by atoms with Crippen molar-refractivity contribution in [3.63, 3.8) is 0 Å². The van der Waals surface area contributed by atoms with Crippen molar-refractivity contribution in [1.29, 1.82) is 0 Å².